The van der Waals surface area contributed by atoms with Gasteiger partial charge in [-0.25, -0.2) is 0 Å². The Balaban J connectivity index is 1.69. The molecular formula is C20H20N2O. The number of nitrogens with zero attached hydrogens (tertiary/aromatic N) is 1. The largest absolute Gasteiger partial charge is 0.365 e. The van der Waals surface area contributed by atoms with Crippen molar-refractivity contribution < 1.29 is 4.79 Å². The third-order valence-electron chi connectivity index (χ3n) is 4.81. The average Bonchev–Trinajstić information content (AvgIpc) is 3.06. The van der Waals surface area contributed by atoms with Crippen molar-refractivity contribution >= 4 is 11.6 Å². The second-order valence-corrected chi connectivity index (χ2v) is 6.32. The van der Waals surface area contributed by atoms with Crippen molar-refractivity contribution in [1.29, 1.82) is 0 Å². The van der Waals surface area contributed by atoms with E-state index in [2.05, 4.69) is 5.32 Å². The monoisotopic (exact) mass is 304 g/mol. The number of aliphatic imine (C=N–C) groups is 1. The lowest BCUT2D eigenvalue weighted by atomic mass is 9.92. The number of ketones is 1. The fraction of sp³-hybridized carbons (Fsp3) is 0.300. The Hall–Kier alpha value is -2.42. The molecule has 1 N–H and O–H groups in total. The van der Waals surface area contributed by atoms with E-state index in [9.17, 15) is 4.79 Å². The molecule has 1 saturated carbocycles. The first-order valence-corrected chi connectivity index (χ1v) is 8.36. The molecule has 3 nitrogen and oxygen atoms in total. The molecule has 1 aliphatic carbocycles. The Morgan fingerprint density at radius 1 is 0.957 bits per heavy atom. The first-order valence-electron chi connectivity index (χ1n) is 8.36. The first-order chi connectivity index (χ1) is 11.3. The van der Waals surface area contributed by atoms with Crippen LogP contribution >= 0.6 is 0 Å². The van der Waals surface area contributed by atoms with Gasteiger partial charge in [-0.1, -0.05) is 67.4 Å². The van der Waals surface area contributed by atoms with E-state index in [-0.39, 0.29) is 5.78 Å². The summed E-state index contributed by atoms with van der Waals surface area (Å²) in [4.78, 5) is 17.7. The van der Waals surface area contributed by atoms with E-state index < -0.39 is 0 Å². The SMILES string of the molecule is O=C(c1ccccc1)c1ccccc1C1=NC2CCCCC2N1. The lowest BCUT2D eigenvalue weighted by Gasteiger charge is -2.23. The van der Waals surface area contributed by atoms with E-state index in [0.717, 1.165) is 28.9 Å². The molecule has 0 amide bonds. The van der Waals surface area contributed by atoms with Gasteiger partial charge in [-0.15, -0.1) is 0 Å². The number of hydrogen-bond acceptors (Lipinski definition) is 3. The minimum Gasteiger partial charge on any atom is -0.365 e. The summed E-state index contributed by atoms with van der Waals surface area (Å²) in [5, 5.41) is 3.55. The van der Waals surface area contributed by atoms with Gasteiger partial charge in [-0.2, -0.15) is 0 Å². The van der Waals surface area contributed by atoms with E-state index in [0.29, 0.717) is 12.1 Å². The van der Waals surface area contributed by atoms with Crippen molar-refractivity contribution in [2.75, 3.05) is 0 Å². The molecule has 2 atom stereocenters. The standard InChI is InChI=1S/C20H20N2O/c23-19(14-8-2-1-3-9-14)15-10-4-5-11-16(15)20-21-17-12-6-7-13-18(17)22-20/h1-5,8-11,17-18H,6-7,12-13H2,(H,21,22). The summed E-state index contributed by atoms with van der Waals surface area (Å²) in [7, 11) is 0. The molecule has 2 unspecified atom stereocenters. The maximum Gasteiger partial charge on any atom is 0.193 e. The summed E-state index contributed by atoms with van der Waals surface area (Å²) in [6, 6.07) is 18.1. The molecular weight excluding hydrogens is 284 g/mol. The zero-order chi connectivity index (χ0) is 15.6. The van der Waals surface area contributed by atoms with E-state index in [1.54, 1.807) is 0 Å². The van der Waals surface area contributed by atoms with Gasteiger partial charge in [0.15, 0.2) is 5.78 Å². The number of fused-ring (bicyclic) bond motifs is 1. The van der Waals surface area contributed by atoms with Crippen LogP contribution in [0.1, 0.15) is 47.2 Å². The predicted molar refractivity (Wildman–Crippen MR) is 92.0 cm³/mol. The summed E-state index contributed by atoms with van der Waals surface area (Å²) in [6.45, 7) is 0. The maximum atomic E-state index is 12.9. The number of amidine groups is 1. The zero-order valence-electron chi connectivity index (χ0n) is 13.0. The van der Waals surface area contributed by atoms with Crippen LogP contribution in [0.3, 0.4) is 0 Å². The van der Waals surface area contributed by atoms with Gasteiger partial charge < -0.3 is 5.32 Å². The molecule has 1 fully saturated rings. The van der Waals surface area contributed by atoms with Gasteiger partial charge in [0.05, 0.1) is 6.04 Å². The van der Waals surface area contributed by atoms with Crippen LogP contribution in [0.2, 0.25) is 0 Å². The van der Waals surface area contributed by atoms with Crippen LogP contribution < -0.4 is 5.32 Å². The van der Waals surface area contributed by atoms with Gasteiger partial charge in [-0.05, 0) is 12.8 Å². The normalized spacial score (nSPS) is 22.9. The third kappa shape index (κ3) is 2.67. The van der Waals surface area contributed by atoms with E-state index in [4.69, 9.17) is 4.99 Å². The fourth-order valence-electron chi connectivity index (χ4n) is 3.59. The van der Waals surface area contributed by atoms with Crippen molar-refractivity contribution in [3.63, 3.8) is 0 Å². The Morgan fingerprint density at radius 3 is 2.52 bits per heavy atom. The molecule has 116 valence electrons. The van der Waals surface area contributed by atoms with Crippen LogP contribution in [0.5, 0.6) is 0 Å². The quantitative estimate of drug-likeness (QED) is 0.881. The minimum absolute atomic E-state index is 0.0561. The number of hydrogen-bond donors (Lipinski definition) is 1. The lowest BCUT2D eigenvalue weighted by Crippen LogP contribution is -2.37. The molecule has 23 heavy (non-hydrogen) atoms. The van der Waals surface area contributed by atoms with Crippen molar-refractivity contribution in [3.05, 3.63) is 71.3 Å². The fourth-order valence-corrected chi connectivity index (χ4v) is 3.59. The molecule has 0 spiro atoms. The van der Waals surface area contributed by atoms with Crippen LogP contribution in [0.4, 0.5) is 0 Å². The van der Waals surface area contributed by atoms with E-state index in [1.165, 1.54) is 19.3 Å². The highest BCUT2D eigenvalue weighted by atomic mass is 16.1. The smallest absolute Gasteiger partial charge is 0.193 e. The van der Waals surface area contributed by atoms with Crippen molar-refractivity contribution in [2.45, 2.75) is 37.8 Å². The van der Waals surface area contributed by atoms with Crippen LogP contribution in [0.15, 0.2) is 59.6 Å². The molecule has 2 aliphatic rings. The predicted octanol–water partition coefficient (Wildman–Crippen LogP) is 3.58. The highest BCUT2D eigenvalue weighted by Gasteiger charge is 2.32. The zero-order valence-corrected chi connectivity index (χ0v) is 13.0. The second-order valence-electron chi connectivity index (χ2n) is 6.32. The van der Waals surface area contributed by atoms with Gasteiger partial charge in [0, 0.05) is 22.7 Å². The summed E-state index contributed by atoms with van der Waals surface area (Å²) >= 11 is 0. The van der Waals surface area contributed by atoms with Crippen molar-refractivity contribution in [3.8, 4) is 0 Å². The Bertz CT molecular complexity index is 751. The maximum absolute atomic E-state index is 12.9. The average molecular weight is 304 g/mol. The van der Waals surface area contributed by atoms with E-state index >= 15 is 0 Å². The Kier molecular flexibility index (Phi) is 3.70. The van der Waals surface area contributed by atoms with E-state index in [1.807, 2.05) is 54.6 Å². The molecule has 1 aliphatic heterocycles. The molecule has 4 rings (SSSR count). The molecule has 0 radical (unpaired) electrons. The molecule has 0 saturated heterocycles. The van der Waals surface area contributed by atoms with Crippen LogP contribution in [0, 0.1) is 0 Å². The van der Waals surface area contributed by atoms with Crippen LogP contribution in [-0.4, -0.2) is 23.7 Å². The number of nitrogens with one attached hydrogen (secondary N) is 1. The van der Waals surface area contributed by atoms with Crippen molar-refractivity contribution in [1.82, 2.24) is 5.32 Å². The van der Waals surface area contributed by atoms with Gasteiger partial charge in [0.2, 0.25) is 0 Å². The highest BCUT2D eigenvalue weighted by Crippen LogP contribution is 2.27. The summed E-state index contributed by atoms with van der Waals surface area (Å²) < 4.78 is 0. The number of carbonyl (C=O) groups is 1. The molecule has 0 bridgehead atoms. The molecule has 1 heterocycles. The number of benzene rings is 2. The minimum atomic E-state index is 0.0561. The summed E-state index contributed by atoms with van der Waals surface area (Å²) in [6.07, 6.45) is 4.84. The third-order valence-corrected chi connectivity index (χ3v) is 4.81. The summed E-state index contributed by atoms with van der Waals surface area (Å²) in [5.74, 6) is 0.947. The summed E-state index contributed by atoms with van der Waals surface area (Å²) in [5.41, 5.74) is 2.37. The second kappa shape index (κ2) is 5.99. The lowest BCUT2D eigenvalue weighted by molar-refractivity contribution is 0.103. The van der Waals surface area contributed by atoms with Gasteiger partial charge in [0.25, 0.3) is 0 Å². The van der Waals surface area contributed by atoms with Crippen LogP contribution in [0.25, 0.3) is 0 Å². The molecule has 2 aromatic rings. The van der Waals surface area contributed by atoms with Gasteiger partial charge in [0.1, 0.15) is 5.84 Å². The van der Waals surface area contributed by atoms with Gasteiger partial charge in [-0.3, -0.25) is 9.79 Å². The van der Waals surface area contributed by atoms with Crippen LogP contribution in [-0.2, 0) is 0 Å². The number of carbonyl (C=O) groups excluding carboxylic acids is 1. The van der Waals surface area contributed by atoms with Gasteiger partial charge >= 0.3 is 0 Å². The molecule has 0 aromatic heterocycles. The van der Waals surface area contributed by atoms with Crippen molar-refractivity contribution in [2.24, 2.45) is 4.99 Å². The molecule has 3 heteroatoms. The topological polar surface area (TPSA) is 41.5 Å². The first kappa shape index (κ1) is 14.2. The Morgan fingerprint density at radius 2 is 1.70 bits per heavy atom. The number of rotatable bonds is 3. The highest BCUT2D eigenvalue weighted by molar-refractivity contribution is 6.16. The Labute approximate surface area is 136 Å². The molecule has 2 aromatic carbocycles.